The van der Waals surface area contributed by atoms with Crippen LogP contribution in [0, 0.1) is 29.0 Å². The zero-order valence-corrected chi connectivity index (χ0v) is 16.4. The Labute approximate surface area is 169 Å². The molecule has 0 bridgehead atoms. The third-order valence-corrected chi connectivity index (χ3v) is 5.90. The van der Waals surface area contributed by atoms with Crippen molar-refractivity contribution in [1.29, 1.82) is 5.26 Å². The topological polar surface area (TPSA) is 84.0 Å². The Kier molecular flexibility index (Phi) is 5.58. The van der Waals surface area contributed by atoms with E-state index in [1.54, 1.807) is 10.7 Å². The fourth-order valence-electron chi connectivity index (χ4n) is 4.44. The van der Waals surface area contributed by atoms with Crippen molar-refractivity contribution in [2.75, 3.05) is 6.61 Å². The average molecular weight is 397 g/mol. The second kappa shape index (κ2) is 8.29. The minimum atomic E-state index is -0.470. The fraction of sp³-hybridized carbons (Fsp3) is 0.524. The summed E-state index contributed by atoms with van der Waals surface area (Å²) in [7, 11) is 1.86. The molecule has 2 heterocycles. The van der Waals surface area contributed by atoms with Crippen LogP contribution < -0.4 is 0 Å². The van der Waals surface area contributed by atoms with Crippen LogP contribution in [-0.4, -0.2) is 32.6 Å². The van der Waals surface area contributed by atoms with Gasteiger partial charge in [-0.15, -0.1) is 5.10 Å². The van der Waals surface area contributed by atoms with Gasteiger partial charge < -0.3 is 0 Å². The van der Waals surface area contributed by atoms with Crippen LogP contribution in [0.2, 0.25) is 0 Å². The molecule has 1 aliphatic heterocycles. The number of halogens is 1. The van der Waals surface area contributed by atoms with Gasteiger partial charge in [0.05, 0.1) is 30.0 Å². The number of nitrogens with zero attached hydrogens (tertiary/aromatic N) is 5. The van der Waals surface area contributed by atoms with Crippen LogP contribution in [-0.2, 0) is 23.1 Å². The van der Waals surface area contributed by atoms with Crippen molar-refractivity contribution >= 4 is 5.91 Å². The summed E-state index contributed by atoms with van der Waals surface area (Å²) in [4.78, 5) is 18.7. The van der Waals surface area contributed by atoms with E-state index in [2.05, 4.69) is 10.3 Å². The standard InChI is InChI=1S/C21H24FN5O2/c1-26-13-19(24-25-26)10-14-2-4-16(5-3-14)21(28)27-20(6-7-29-27)17-8-15(12-23)9-18(22)11-17/h8-9,11,13-14,16,20H,2-7,10H2,1H3/t14?,16?,20-/m0/s1. The Bertz CT molecular complexity index is 929. The molecule has 2 fully saturated rings. The van der Waals surface area contributed by atoms with Gasteiger partial charge in [-0.2, -0.15) is 5.26 Å². The number of hydrogen-bond donors (Lipinski definition) is 0. The van der Waals surface area contributed by atoms with Crippen molar-refractivity contribution in [2.24, 2.45) is 18.9 Å². The van der Waals surface area contributed by atoms with Crippen LogP contribution in [0.25, 0.3) is 0 Å². The summed E-state index contributed by atoms with van der Waals surface area (Å²) in [6, 6.07) is 5.85. The third-order valence-electron chi connectivity index (χ3n) is 5.90. The van der Waals surface area contributed by atoms with Gasteiger partial charge in [0.25, 0.3) is 0 Å². The predicted molar refractivity (Wildman–Crippen MR) is 101 cm³/mol. The molecule has 1 aliphatic carbocycles. The maximum atomic E-state index is 13.9. The highest BCUT2D eigenvalue weighted by molar-refractivity contribution is 5.78. The highest BCUT2D eigenvalue weighted by Crippen LogP contribution is 2.37. The SMILES string of the molecule is Cn1cc(CC2CCC(C(=O)N3OCC[C@H]3c3cc(F)cc(C#N)c3)CC2)nn1. The largest absolute Gasteiger partial charge is 0.272 e. The number of benzene rings is 1. The number of carbonyl (C=O) groups excluding carboxylic acids is 1. The average Bonchev–Trinajstić information content (AvgIpc) is 3.36. The summed E-state index contributed by atoms with van der Waals surface area (Å²) in [5, 5.41) is 18.7. The first-order valence-electron chi connectivity index (χ1n) is 10.0. The van der Waals surface area contributed by atoms with Crippen LogP contribution in [0.1, 0.15) is 55.0 Å². The third kappa shape index (κ3) is 4.30. The first-order valence-corrected chi connectivity index (χ1v) is 10.0. The molecule has 0 radical (unpaired) electrons. The molecular formula is C21H24FN5O2. The van der Waals surface area contributed by atoms with E-state index in [1.807, 2.05) is 19.3 Å². The number of carbonyl (C=O) groups is 1. The molecule has 1 saturated heterocycles. The van der Waals surface area contributed by atoms with E-state index in [0.717, 1.165) is 37.8 Å². The summed E-state index contributed by atoms with van der Waals surface area (Å²) in [5.41, 5.74) is 1.86. The van der Waals surface area contributed by atoms with Gasteiger partial charge in [0.15, 0.2) is 0 Å². The molecule has 0 N–H and O–H groups in total. The van der Waals surface area contributed by atoms with Crippen LogP contribution in [0.4, 0.5) is 4.39 Å². The van der Waals surface area contributed by atoms with Crippen molar-refractivity contribution in [3.63, 3.8) is 0 Å². The van der Waals surface area contributed by atoms with Gasteiger partial charge in [-0.1, -0.05) is 5.21 Å². The second-order valence-corrected chi connectivity index (χ2v) is 7.99. The molecule has 152 valence electrons. The Morgan fingerprint density at radius 1 is 1.28 bits per heavy atom. The van der Waals surface area contributed by atoms with Crippen molar-refractivity contribution < 1.29 is 14.0 Å². The van der Waals surface area contributed by atoms with Gasteiger partial charge in [0, 0.05) is 25.6 Å². The van der Waals surface area contributed by atoms with Gasteiger partial charge in [0.1, 0.15) is 5.82 Å². The van der Waals surface area contributed by atoms with Crippen molar-refractivity contribution in [3.05, 3.63) is 47.0 Å². The number of rotatable bonds is 4. The van der Waals surface area contributed by atoms with E-state index in [9.17, 15) is 9.18 Å². The summed E-state index contributed by atoms with van der Waals surface area (Å²) in [6.07, 6.45) is 6.97. The zero-order valence-electron chi connectivity index (χ0n) is 16.4. The Hall–Kier alpha value is -2.79. The van der Waals surface area contributed by atoms with E-state index in [4.69, 9.17) is 10.1 Å². The van der Waals surface area contributed by atoms with Crippen LogP contribution in [0.5, 0.6) is 0 Å². The van der Waals surface area contributed by atoms with Crippen LogP contribution in [0.15, 0.2) is 24.4 Å². The number of hydroxylamine groups is 2. The van der Waals surface area contributed by atoms with E-state index in [-0.39, 0.29) is 23.4 Å². The fourth-order valence-corrected chi connectivity index (χ4v) is 4.44. The summed E-state index contributed by atoms with van der Waals surface area (Å²) < 4.78 is 15.6. The van der Waals surface area contributed by atoms with Crippen LogP contribution in [0.3, 0.4) is 0 Å². The van der Waals surface area contributed by atoms with E-state index < -0.39 is 5.82 Å². The molecule has 7 nitrogen and oxygen atoms in total. The molecule has 8 heteroatoms. The molecule has 0 spiro atoms. The lowest BCUT2D eigenvalue weighted by Crippen LogP contribution is -2.36. The molecule has 1 amide bonds. The molecule has 1 saturated carbocycles. The molecule has 1 aromatic heterocycles. The van der Waals surface area contributed by atoms with E-state index >= 15 is 0 Å². The molecule has 0 unspecified atom stereocenters. The summed E-state index contributed by atoms with van der Waals surface area (Å²) in [6.45, 7) is 0.414. The zero-order chi connectivity index (χ0) is 20.4. The quantitative estimate of drug-likeness (QED) is 0.792. The molecule has 2 aliphatic rings. The van der Waals surface area contributed by atoms with Crippen molar-refractivity contribution in [3.8, 4) is 6.07 Å². The molecule has 1 aromatic carbocycles. The monoisotopic (exact) mass is 397 g/mol. The normalized spacial score (nSPS) is 24.4. The number of aromatic nitrogens is 3. The molecule has 1 atom stereocenters. The van der Waals surface area contributed by atoms with Crippen molar-refractivity contribution in [2.45, 2.75) is 44.6 Å². The molecule has 2 aromatic rings. The summed E-state index contributed by atoms with van der Waals surface area (Å²) in [5.74, 6) is -0.0822. The lowest BCUT2D eigenvalue weighted by molar-refractivity contribution is -0.183. The van der Waals surface area contributed by atoms with Gasteiger partial charge in [-0.05, 0) is 61.8 Å². The lowest BCUT2D eigenvalue weighted by Gasteiger charge is -2.31. The molecular weight excluding hydrogens is 373 g/mol. The van der Waals surface area contributed by atoms with Crippen LogP contribution >= 0.6 is 0 Å². The first-order chi connectivity index (χ1) is 14.0. The number of amides is 1. The summed E-state index contributed by atoms with van der Waals surface area (Å²) >= 11 is 0. The highest BCUT2D eigenvalue weighted by atomic mass is 19.1. The number of hydrogen-bond acceptors (Lipinski definition) is 5. The Morgan fingerprint density at radius 3 is 2.76 bits per heavy atom. The maximum Gasteiger partial charge on any atom is 0.249 e. The van der Waals surface area contributed by atoms with Crippen molar-refractivity contribution in [1.82, 2.24) is 20.1 Å². The Balaban J connectivity index is 1.39. The highest BCUT2D eigenvalue weighted by Gasteiger charge is 2.37. The maximum absolute atomic E-state index is 13.9. The minimum absolute atomic E-state index is 0.0341. The lowest BCUT2D eigenvalue weighted by atomic mass is 9.79. The van der Waals surface area contributed by atoms with Gasteiger partial charge in [-0.3, -0.25) is 14.3 Å². The number of nitriles is 1. The predicted octanol–water partition coefficient (Wildman–Crippen LogP) is 3.08. The molecule has 29 heavy (non-hydrogen) atoms. The molecule has 4 rings (SSSR count). The second-order valence-electron chi connectivity index (χ2n) is 7.99. The van der Waals surface area contributed by atoms with Gasteiger partial charge in [-0.25, -0.2) is 9.45 Å². The van der Waals surface area contributed by atoms with E-state index in [0.29, 0.717) is 24.5 Å². The van der Waals surface area contributed by atoms with E-state index in [1.165, 1.54) is 17.2 Å². The van der Waals surface area contributed by atoms with Gasteiger partial charge in [0.2, 0.25) is 5.91 Å². The van der Waals surface area contributed by atoms with Gasteiger partial charge >= 0.3 is 0 Å². The minimum Gasteiger partial charge on any atom is -0.272 e. The number of aryl methyl sites for hydroxylation is 1. The Morgan fingerprint density at radius 2 is 2.07 bits per heavy atom. The smallest absolute Gasteiger partial charge is 0.249 e. The first kappa shape index (κ1) is 19.5.